The molecule has 0 radical (unpaired) electrons. The number of benzene rings is 1. The summed E-state index contributed by atoms with van der Waals surface area (Å²) in [4.78, 5) is 15.0. The number of carbonyl (C=O) groups is 1. The monoisotopic (exact) mass is 235 g/mol. The van der Waals surface area contributed by atoms with Crippen LogP contribution in [0.1, 0.15) is 18.4 Å². The van der Waals surface area contributed by atoms with Crippen LogP contribution < -0.4 is 0 Å². The summed E-state index contributed by atoms with van der Waals surface area (Å²) in [6.07, 6.45) is 4.93. The Morgan fingerprint density at radius 2 is 2.00 bits per heavy atom. The van der Waals surface area contributed by atoms with Crippen molar-refractivity contribution < 1.29 is 4.79 Å². The molecule has 16 heavy (non-hydrogen) atoms. The fourth-order valence-electron chi connectivity index (χ4n) is 1.71. The van der Waals surface area contributed by atoms with Crippen LogP contribution in [0.2, 0.25) is 0 Å². The molecule has 1 aromatic rings. The fourth-order valence-corrected chi connectivity index (χ4v) is 2.12. The molecule has 0 bridgehead atoms. The highest BCUT2D eigenvalue weighted by atomic mass is 32.2. The highest BCUT2D eigenvalue weighted by molar-refractivity contribution is 7.98. The molecule has 1 aliphatic carbocycles. The molecule has 0 saturated heterocycles. The topological polar surface area (TPSA) is 20.3 Å². The maximum atomic E-state index is 11.9. The van der Waals surface area contributed by atoms with Crippen molar-refractivity contribution in [2.24, 2.45) is 0 Å². The molecule has 1 fully saturated rings. The molecule has 2 rings (SSSR count). The molecule has 86 valence electrons. The summed E-state index contributed by atoms with van der Waals surface area (Å²) in [6, 6.07) is 8.75. The second-order valence-electron chi connectivity index (χ2n) is 4.26. The van der Waals surface area contributed by atoms with Gasteiger partial charge >= 0.3 is 0 Å². The van der Waals surface area contributed by atoms with E-state index in [2.05, 4.69) is 18.4 Å². The molecule has 1 amide bonds. The molecule has 0 heterocycles. The average molecular weight is 235 g/mol. The van der Waals surface area contributed by atoms with Crippen LogP contribution in [0, 0.1) is 0 Å². The number of thioether (sulfide) groups is 1. The zero-order valence-corrected chi connectivity index (χ0v) is 10.6. The molecule has 2 nitrogen and oxygen atoms in total. The molecule has 0 N–H and O–H groups in total. The molecule has 0 spiro atoms. The van der Waals surface area contributed by atoms with E-state index >= 15 is 0 Å². The number of amides is 1. The van der Waals surface area contributed by atoms with E-state index in [1.54, 1.807) is 11.8 Å². The van der Waals surface area contributed by atoms with Crippen LogP contribution in [-0.2, 0) is 11.2 Å². The van der Waals surface area contributed by atoms with Crippen LogP contribution >= 0.6 is 11.8 Å². The molecule has 1 aromatic carbocycles. The van der Waals surface area contributed by atoms with E-state index in [0.29, 0.717) is 12.5 Å². The zero-order valence-electron chi connectivity index (χ0n) is 9.77. The van der Waals surface area contributed by atoms with Gasteiger partial charge in [0, 0.05) is 18.0 Å². The quantitative estimate of drug-likeness (QED) is 0.748. The molecule has 1 aliphatic rings. The van der Waals surface area contributed by atoms with Crippen LogP contribution in [0.5, 0.6) is 0 Å². The first-order valence-electron chi connectivity index (χ1n) is 5.59. The molecule has 0 unspecified atom stereocenters. The lowest BCUT2D eigenvalue weighted by Gasteiger charge is -2.16. The van der Waals surface area contributed by atoms with E-state index in [9.17, 15) is 4.79 Å². The summed E-state index contributed by atoms with van der Waals surface area (Å²) in [5.74, 6) is 0.236. The minimum absolute atomic E-state index is 0.236. The third-order valence-electron chi connectivity index (χ3n) is 3.00. The van der Waals surface area contributed by atoms with Gasteiger partial charge in [-0.25, -0.2) is 0 Å². The lowest BCUT2D eigenvalue weighted by Crippen LogP contribution is -2.30. The maximum Gasteiger partial charge on any atom is 0.226 e. The number of hydrogen-bond donors (Lipinski definition) is 0. The van der Waals surface area contributed by atoms with Gasteiger partial charge in [0.05, 0.1) is 6.42 Å². The summed E-state index contributed by atoms with van der Waals surface area (Å²) in [5, 5.41) is 0. The minimum Gasteiger partial charge on any atom is -0.342 e. The van der Waals surface area contributed by atoms with E-state index in [-0.39, 0.29) is 5.91 Å². The van der Waals surface area contributed by atoms with Crippen molar-refractivity contribution in [3.63, 3.8) is 0 Å². The third-order valence-corrected chi connectivity index (χ3v) is 3.75. The molecule has 3 heteroatoms. The van der Waals surface area contributed by atoms with Gasteiger partial charge in [0.2, 0.25) is 5.91 Å². The molecule has 0 atom stereocenters. The lowest BCUT2D eigenvalue weighted by molar-refractivity contribution is -0.129. The van der Waals surface area contributed by atoms with Gasteiger partial charge in [-0.15, -0.1) is 11.8 Å². The SMILES string of the molecule is CSc1ccc(CC(=O)N(C)C2CC2)cc1. The van der Waals surface area contributed by atoms with E-state index < -0.39 is 0 Å². The molecule has 1 saturated carbocycles. The Balaban J connectivity index is 1.94. The van der Waals surface area contributed by atoms with Gasteiger partial charge in [-0.3, -0.25) is 4.79 Å². The second kappa shape index (κ2) is 4.91. The number of rotatable bonds is 4. The van der Waals surface area contributed by atoms with Gasteiger partial charge in [0.25, 0.3) is 0 Å². The van der Waals surface area contributed by atoms with E-state index in [1.165, 1.54) is 17.7 Å². The Morgan fingerprint density at radius 1 is 1.38 bits per heavy atom. The summed E-state index contributed by atoms with van der Waals surface area (Å²) in [5.41, 5.74) is 1.11. The summed E-state index contributed by atoms with van der Waals surface area (Å²) < 4.78 is 0. The zero-order chi connectivity index (χ0) is 11.5. The van der Waals surface area contributed by atoms with Gasteiger partial charge in [-0.2, -0.15) is 0 Å². The second-order valence-corrected chi connectivity index (χ2v) is 5.14. The van der Waals surface area contributed by atoms with Gasteiger partial charge in [-0.05, 0) is 36.8 Å². The molecule has 0 aliphatic heterocycles. The van der Waals surface area contributed by atoms with Crippen molar-refractivity contribution in [3.05, 3.63) is 29.8 Å². The molecular weight excluding hydrogens is 218 g/mol. The normalized spacial score (nSPS) is 14.9. The smallest absolute Gasteiger partial charge is 0.226 e. The first-order valence-corrected chi connectivity index (χ1v) is 6.82. The standard InChI is InChI=1S/C13H17NOS/c1-14(11-5-6-11)13(15)9-10-3-7-12(16-2)8-4-10/h3-4,7-8,11H,5-6,9H2,1-2H3. The highest BCUT2D eigenvalue weighted by Gasteiger charge is 2.29. The number of carbonyl (C=O) groups excluding carboxylic acids is 1. The van der Waals surface area contributed by atoms with Crippen LogP contribution in [0.3, 0.4) is 0 Å². The fraction of sp³-hybridized carbons (Fsp3) is 0.462. The highest BCUT2D eigenvalue weighted by Crippen LogP contribution is 2.26. The van der Waals surface area contributed by atoms with Crippen LogP contribution in [-0.4, -0.2) is 30.2 Å². The van der Waals surface area contributed by atoms with Crippen molar-refractivity contribution in [2.75, 3.05) is 13.3 Å². The van der Waals surface area contributed by atoms with Crippen LogP contribution in [0.15, 0.2) is 29.2 Å². The first-order chi connectivity index (χ1) is 7.70. The van der Waals surface area contributed by atoms with E-state index in [1.807, 2.05) is 24.1 Å². The number of hydrogen-bond acceptors (Lipinski definition) is 2. The molecular formula is C13H17NOS. The predicted molar refractivity (Wildman–Crippen MR) is 67.7 cm³/mol. The Labute approximate surface area is 101 Å². The Hall–Kier alpha value is -0.960. The third kappa shape index (κ3) is 2.79. The van der Waals surface area contributed by atoms with Gasteiger partial charge in [0.15, 0.2) is 0 Å². The van der Waals surface area contributed by atoms with Gasteiger partial charge < -0.3 is 4.90 Å². The van der Waals surface area contributed by atoms with Crippen molar-refractivity contribution >= 4 is 17.7 Å². The predicted octanol–water partition coefficient (Wildman–Crippen LogP) is 2.57. The van der Waals surface area contributed by atoms with E-state index in [4.69, 9.17) is 0 Å². The van der Waals surface area contributed by atoms with Crippen molar-refractivity contribution in [1.29, 1.82) is 0 Å². The minimum atomic E-state index is 0.236. The van der Waals surface area contributed by atoms with Gasteiger partial charge in [-0.1, -0.05) is 12.1 Å². The molecule has 0 aromatic heterocycles. The van der Waals surface area contributed by atoms with Crippen molar-refractivity contribution in [2.45, 2.75) is 30.2 Å². The lowest BCUT2D eigenvalue weighted by atomic mass is 10.1. The summed E-state index contributed by atoms with van der Waals surface area (Å²) in [6.45, 7) is 0. The largest absolute Gasteiger partial charge is 0.342 e. The van der Waals surface area contributed by atoms with Gasteiger partial charge in [0.1, 0.15) is 0 Å². The van der Waals surface area contributed by atoms with Crippen LogP contribution in [0.25, 0.3) is 0 Å². The maximum absolute atomic E-state index is 11.9. The number of likely N-dealkylation sites (N-methyl/N-ethyl adjacent to an activating group) is 1. The number of nitrogens with zero attached hydrogens (tertiary/aromatic N) is 1. The summed E-state index contributed by atoms with van der Waals surface area (Å²) in [7, 11) is 1.91. The van der Waals surface area contributed by atoms with Crippen LogP contribution in [0.4, 0.5) is 0 Å². The van der Waals surface area contributed by atoms with E-state index in [0.717, 1.165) is 5.56 Å². The Kier molecular flexibility index (Phi) is 3.54. The Morgan fingerprint density at radius 3 is 2.50 bits per heavy atom. The van der Waals surface area contributed by atoms with Crippen molar-refractivity contribution in [3.8, 4) is 0 Å². The average Bonchev–Trinajstić information content (AvgIpc) is 3.13. The summed E-state index contributed by atoms with van der Waals surface area (Å²) >= 11 is 1.72. The first kappa shape index (κ1) is 11.5. The Bertz CT molecular complexity index is 370. The van der Waals surface area contributed by atoms with Crippen molar-refractivity contribution in [1.82, 2.24) is 4.90 Å².